The molecule has 0 aliphatic carbocycles. The topological polar surface area (TPSA) is 132 Å². The smallest absolute Gasteiger partial charge is 0.330 e. The second-order valence-corrected chi connectivity index (χ2v) is 6.57. The lowest BCUT2D eigenvalue weighted by atomic mass is 9.88. The molecule has 0 aromatic carbocycles. The summed E-state index contributed by atoms with van der Waals surface area (Å²) in [6.45, 7) is 19.5. The molecule has 0 fully saturated rings. The lowest BCUT2D eigenvalue weighted by Crippen LogP contribution is -2.38. The summed E-state index contributed by atoms with van der Waals surface area (Å²) in [5.74, 6) is -2.92. The van der Waals surface area contributed by atoms with Gasteiger partial charge in [0.05, 0.1) is 5.41 Å². The van der Waals surface area contributed by atoms with E-state index in [9.17, 15) is 24.0 Å². The Bertz CT molecular complexity index is 706. The van der Waals surface area contributed by atoms with Crippen molar-refractivity contribution in [1.82, 2.24) is 0 Å². The van der Waals surface area contributed by atoms with Crippen LogP contribution in [0.4, 0.5) is 0 Å². The molecule has 0 N–H and O–H groups in total. The first-order valence-electron chi connectivity index (χ1n) is 10.0. The van der Waals surface area contributed by atoms with E-state index in [1.165, 1.54) is 0 Å². The molecule has 188 valence electrons. The van der Waals surface area contributed by atoms with E-state index >= 15 is 0 Å². The summed E-state index contributed by atoms with van der Waals surface area (Å²) in [6.07, 6.45) is 5.12. The van der Waals surface area contributed by atoms with Gasteiger partial charge in [-0.3, -0.25) is 0 Å². The van der Waals surface area contributed by atoms with E-state index in [4.69, 9.17) is 18.9 Å². The van der Waals surface area contributed by atoms with E-state index in [1.54, 1.807) is 13.8 Å². The second kappa shape index (κ2) is 18.6. The maximum Gasteiger partial charge on any atom is 0.330 e. The molecule has 0 heterocycles. The Kier molecular flexibility index (Phi) is 17.6. The summed E-state index contributed by atoms with van der Waals surface area (Å²) in [5, 5.41) is 0. The zero-order valence-corrected chi connectivity index (χ0v) is 19.6. The van der Waals surface area contributed by atoms with Crippen molar-refractivity contribution in [2.45, 2.75) is 26.4 Å². The highest BCUT2D eigenvalue weighted by molar-refractivity contribution is 5.83. The highest BCUT2D eigenvalue weighted by Crippen LogP contribution is 2.24. The maximum atomic E-state index is 11.2. The van der Waals surface area contributed by atoms with Crippen molar-refractivity contribution in [3.63, 3.8) is 0 Å². The summed E-state index contributed by atoms with van der Waals surface area (Å²) >= 11 is 0. The first kappa shape index (κ1) is 32.2. The largest absolute Gasteiger partial charge is 0.462 e. The SMILES string of the molecule is C=CC(=O)OCC(C)OC(=O)C=C.C=CC(=O)OCC(CC)(COC(=O)C=C)COC(=O)C=C. The molecule has 0 aromatic heterocycles. The van der Waals surface area contributed by atoms with Crippen molar-refractivity contribution in [3.8, 4) is 0 Å². The molecule has 0 aromatic rings. The van der Waals surface area contributed by atoms with Crippen molar-refractivity contribution >= 4 is 29.8 Å². The van der Waals surface area contributed by atoms with Gasteiger partial charge >= 0.3 is 29.8 Å². The third kappa shape index (κ3) is 15.8. The number of carbonyl (C=O) groups is 5. The van der Waals surface area contributed by atoms with E-state index in [1.807, 2.05) is 0 Å². The summed E-state index contributed by atoms with van der Waals surface area (Å²) in [5.41, 5.74) is -0.837. The Labute approximate surface area is 199 Å². The van der Waals surface area contributed by atoms with Crippen LogP contribution in [0.1, 0.15) is 20.3 Å². The van der Waals surface area contributed by atoms with Crippen molar-refractivity contribution < 1.29 is 47.7 Å². The van der Waals surface area contributed by atoms with Crippen LogP contribution in [0.5, 0.6) is 0 Å². The van der Waals surface area contributed by atoms with E-state index < -0.39 is 41.4 Å². The fraction of sp³-hybridized carbons (Fsp3) is 0.375. The summed E-state index contributed by atoms with van der Waals surface area (Å²) in [6, 6.07) is 0. The van der Waals surface area contributed by atoms with Gasteiger partial charge in [0.25, 0.3) is 0 Å². The Balaban J connectivity index is 0. The van der Waals surface area contributed by atoms with E-state index in [0.29, 0.717) is 6.42 Å². The Morgan fingerprint density at radius 3 is 1.26 bits per heavy atom. The number of hydrogen-bond donors (Lipinski definition) is 0. The van der Waals surface area contributed by atoms with Gasteiger partial charge in [-0.15, -0.1) is 0 Å². The quantitative estimate of drug-likeness (QED) is 0.195. The molecule has 0 spiro atoms. The minimum Gasteiger partial charge on any atom is -0.462 e. The molecule has 0 aliphatic rings. The molecular formula is C24H32O10. The lowest BCUT2D eigenvalue weighted by molar-refractivity contribution is -0.156. The van der Waals surface area contributed by atoms with Gasteiger partial charge in [0, 0.05) is 30.4 Å². The number of hydrogen-bond acceptors (Lipinski definition) is 10. The van der Waals surface area contributed by atoms with Crippen LogP contribution in [0.3, 0.4) is 0 Å². The molecule has 10 heteroatoms. The van der Waals surface area contributed by atoms with Crippen LogP contribution in [0.25, 0.3) is 0 Å². The van der Waals surface area contributed by atoms with Crippen LogP contribution in [-0.2, 0) is 47.7 Å². The normalized spacial score (nSPS) is 10.5. The highest BCUT2D eigenvalue weighted by Gasteiger charge is 2.33. The lowest BCUT2D eigenvalue weighted by Gasteiger charge is -2.30. The number of ether oxygens (including phenoxy) is 5. The minimum absolute atomic E-state index is 0.0183. The van der Waals surface area contributed by atoms with Gasteiger partial charge in [-0.1, -0.05) is 39.8 Å². The molecule has 0 amide bonds. The molecular weight excluding hydrogens is 448 g/mol. The third-order valence-electron chi connectivity index (χ3n) is 3.92. The van der Waals surface area contributed by atoms with E-state index in [0.717, 1.165) is 30.4 Å². The van der Waals surface area contributed by atoms with Gasteiger partial charge in [-0.2, -0.15) is 0 Å². The Morgan fingerprint density at radius 1 is 0.647 bits per heavy atom. The molecule has 1 unspecified atom stereocenters. The van der Waals surface area contributed by atoms with Crippen LogP contribution in [-0.4, -0.2) is 62.4 Å². The summed E-state index contributed by atoms with van der Waals surface area (Å²) in [7, 11) is 0. The molecule has 0 bridgehead atoms. The third-order valence-corrected chi connectivity index (χ3v) is 3.92. The second-order valence-electron chi connectivity index (χ2n) is 6.57. The molecule has 0 saturated heterocycles. The average molecular weight is 481 g/mol. The standard InChI is InChI=1S/C15H20O6.C9H12O4/c1-5-12(16)19-9-15(8-4,10-20-13(17)6-2)11-21-14(18)7-3;1-4-8(10)12-6-7(3)13-9(11)5-2/h5-7H,1-3,8-11H2,4H3;4-5,7H,1-2,6H2,3H3. The van der Waals surface area contributed by atoms with Crippen LogP contribution in [0.2, 0.25) is 0 Å². The Hall–Kier alpha value is -3.95. The van der Waals surface area contributed by atoms with Crippen LogP contribution in [0, 0.1) is 5.41 Å². The molecule has 0 rings (SSSR count). The Morgan fingerprint density at radius 2 is 0.971 bits per heavy atom. The van der Waals surface area contributed by atoms with Crippen molar-refractivity contribution in [1.29, 1.82) is 0 Å². The number of carbonyl (C=O) groups excluding carboxylic acids is 5. The highest BCUT2D eigenvalue weighted by atomic mass is 16.6. The fourth-order valence-corrected chi connectivity index (χ4v) is 1.82. The van der Waals surface area contributed by atoms with Gasteiger partial charge in [0.1, 0.15) is 32.5 Å². The molecule has 34 heavy (non-hydrogen) atoms. The van der Waals surface area contributed by atoms with E-state index in [2.05, 4.69) is 37.6 Å². The van der Waals surface area contributed by atoms with Crippen molar-refractivity contribution in [2.24, 2.45) is 5.41 Å². The molecule has 0 saturated carbocycles. The number of rotatable bonds is 15. The van der Waals surface area contributed by atoms with Gasteiger partial charge < -0.3 is 23.7 Å². The monoisotopic (exact) mass is 480 g/mol. The van der Waals surface area contributed by atoms with Gasteiger partial charge in [-0.05, 0) is 13.3 Å². The maximum absolute atomic E-state index is 11.2. The predicted octanol–water partition coefficient (Wildman–Crippen LogP) is 2.40. The number of esters is 5. The average Bonchev–Trinajstić information content (AvgIpc) is 2.86. The molecule has 10 nitrogen and oxygen atoms in total. The van der Waals surface area contributed by atoms with Gasteiger partial charge in [-0.25, -0.2) is 24.0 Å². The van der Waals surface area contributed by atoms with E-state index in [-0.39, 0.29) is 26.4 Å². The zero-order valence-electron chi connectivity index (χ0n) is 19.6. The van der Waals surface area contributed by atoms with Crippen LogP contribution in [0.15, 0.2) is 63.3 Å². The van der Waals surface area contributed by atoms with Crippen LogP contribution < -0.4 is 0 Å². The molecule has 0 aliphatic heterocycles. The van der Waals surface area contributed by atoms with Crippen LogP contribution >= 0.6 is 0 Å². The van der Waals surface area contributed by atoms with Gasteiger partial charge in [0.2, 0.25) is 0 Å². The van der Waals surface area contributed by atoms with Crippen molar-refractivity contribution in [2.75, 3.05) is 26.4 Å². The first-order valence-corrected chi connectivity index (χ1v) is 10.0. The predicted molar refractivity (Wildman–Crippen MR) is 123 cm³/mol. The molecule has 0 radical (unpaired) electrons. The fourth-order valence-electron chi connectivity index (χ4n) is 1.82. The van der Waals surface area contributed by atoms with Crippen molar-refractivity contribution in [3.05, 3.63) is 63.3 Å². The summed E-state index contributed by atoms with van der Waals surface area (Å²) < 4.78 is 24.3. The zero-order chi connectivity index (χ0) is 26.6. The minimum atomic E-state index is -0.837. The first-order chi connectivity index (χ1) is 16.0. The molecule has 1 atom stereocenters. The summed E-state index contributed by atoms with van der Waals surface area (Å²) in [4.78, 5) is 54.7. The van der Waals surface area contributed by atoms with Gasteiger partial charge in [0.15, 0.2) is 0 Å².